The van der Waals surface area contributed by atoms with Crippen LogP contribution in [0.4, 0.5) is 13.2 Å². The van der Waals surface area contributed by atoms with Crippen LogP contribution >= 0.6 is 11.6 Å². The zero-order valence-electron chi connectivity index (χ0n) is 8.26. The molecule has 0 radical (unpaired) electrons. The molecule has 1 rings (SSSR count). The third-order valence-corrected chi connectivity index (χ3v) is 2.34. The average molecular weight is 254 g/mol. The van der Waals surface area contributed by atoms with Gasteiger partial charge in [0.2, 0.25) is 0 Å². The Balaban J connectivity index is 2.45. The van der Waals surface area contributed by atoms with E-state index in [0.29, 0.717) is 10.6 Å². The molecule has 0 aliphatic carbocycles. The molecule has 0 fully saturated rings. The fourth-order valence-corrected chi connectivity index (χ4v) is 1.31. The first-order valence-corrected chi connectivity index (χ1v) is 4.99. The number of halogens is 4. The molecule has 1 aromatic rings. The van der Waals surface area contributed by atoms with E-state index in [-0.39, 0.29) is 13.1 Å². The summed E-state index contributed by atoms with van der Waals surface area (Å²) < 4.78 is 36.6. The van der Waals surface area contributed by atoms with Gasteiger partial charge in [0.25, 0.3) is 6.43 Å². The second kappa shape index (κ2) is 6.08. The van der Waals surface area contributed by atoms with E-state index in [1.807, 2.05) is 0 Å². The first-order valence-electron chi connectivity index (χ1n) is 4.61. The molecule has 1 unspecified atom stereocenters. The maximum atomic E-state index is 12.8. The van der Waals surface area contributed by atoms with E-state index >= 15 is 0 Å². The lowest BCUT2D eigenvalue weighted by atomic mass is 10.2. The Bertz CT molecular complexity index is 349. The molecule has 2 nitrogen and oxygen atoms in total. The standard InChI is InChI=1S/C10H11ClF3NO/c11-8-2-1-7(12)3-6(8)4-15-5-9(16)10(13)14/h1-3,9-10,15-16H,4-5H2. The van der Waals surface area contributed by atoms with Crippen LogP contribution in [0.1, 0.15) is 5.56 Å². The van der Waals surface area contributed by atoms with Gasteiger partial charge in [-0.15, -0.1) is 0 Å². The number of hydrogen-bond acceptors (Lipinski definition) is 2. The van der Waals surface area contributed by atoms with E-state index in [9.17, 15) is 13.2 Å². The number of hydrogen-bond donors (Lipinski definition) is 2. The highest BCUT2D eigenvalue weighted by molar-refractivity contribution is 6.31. The molecule has 2 N–H and O–H groups in total. The zero-order valence-corrected chi connectivity index (χ0v) is 9.02. The Morgan fingerprint density at radius 1 is 1.38 bits per heavy atom. The van der Waals surface area contributed by atoms with Crippen molar-refractivity contribution in [2.24, 2.45) is 0 Å². The molecule has 0 aromatic heterocycles. The second-order valence-corrected chi connectivity index (χ2v) is 3.68. The number of aliphatic hydroxyl groups is 1. The van der Waals surface area contributed by atoms with Crippen molar-refractivity contribution in [3.63, 3.8) is 0 Å². The van der Waals surface area contributed by atoms with Crippen molar-refractivity contribution >= 4 is 11.6 Å². The molecule has 0 aliphatic rings. The van der Waals surface area contributed by atoms with Crippen LogP contribution < -0.4 is 5.32 Å². The predicted octanol–water partition coefficient (Wildman–Crippen LogP) is 2.19. The molecular formula is C10H11ClF3NO. The van der Waals surface area contributed by atoms with Gasteiger partial charge in [-0.25, -0.2) is 13.2 Å². The largest absolute Gasteiger partial charge is 0.386 e. The van der Waals surface area contributed by atoms with Crippen LogP contribution in [0.5, 0.6) is 0 Å². The van der Waals surface area contributed by atoms with Crippen LogP contribution in [-0.2, 0) is 6.54 Å². The topological polar surface area (TPSA) is 32.3 Å². The van der Waals surface area contributed by atoms with Crippen LogP contribution in [-0.4, -0.2) is 24.2 Å². The number of nitrogens with one attached hydrogen (secondary N) is 1. The Hall–Kier alpha value is -0.780. The third kappa shape index (κ3) is 4.00. The van der Waals surface area contributed by atoms with Crippen molar-refractivity contribution in [3.8, 4) is 0 Å². The van der Waals surface area contributed by atoms with Gasteiger partial charge in [0.15, 0.2) is 0 Å². The van der Waals surface area contributed by atoms with Crippen molar-refractivity contribution in [2.75, 3.05) is 6.54 Å². The Morgan fingerprint density at radius 2 is 2.06 bits per heavy atom. The van der Waals surface area contributed by atoms with Crippen LogP contribution in [0.3, 0.4) is 0 Å². The molecule has 0 saturated heterocycles. The predicted molar refractivity (Wildman–Crippen MR) is 55.1 cm³/mol. The molecule has 1 aromatic carbocycles. The molecule has 0 bridgehead atoms. The van der Waals surface area contributed by atoms with E-state index in [4.69, 9.17) is 16.7 Å². The fourth-order valence-electron chi connectivity index (χ4n) is 1.12. The summed E-state index contributed by atoms with van der Waals surface area (Å²) in [5.74, 6) is -0.449. The van der Waals surface area contributed by atoms with Crippen LogP contribution in [0.2, 0.25) is 5.02 Å². The van der Waals surface area contributed by atoms with Gasteiger partial charge in [-0.2, -0.15) is 0 Å². The molecule has 0 heterocycles. The Morgan fingerprint density at radius 3 is 2.69 bits per heavy atom. The first-order chi connectivity index (χ1) is 7.50. The van der Waals surface area contributed by atoms with E-state index in [2.05, 4.69) is 5.32 Å². The summed E-state index contributed by atoms with van der Waals surface area (Å²) in [7, 11) is 0. The normalized spacial score (nSPS) is 13.1. The summed E-state index contributed by atoms with van der Waals surface area (Å²) in [5, 5.41) is 11.7. The summed E-state index contributed by atoms with van der Waals surface area (Å²) in [6.07, 6.45) is -4.53. The maximum absolute atomic E-state index is 12.8. The molecule has 16 heavy (non-hydrogen) atoms. The quantitative estimate of drug-likeness (QED) is 0.843. The van der Waals surface area contributed by atoms with Crippen LogP contribution in [0.15, 0.2) is 18.2 Å². The van der Waals surface area contributed by atoms with E-state index in [0.717, 1.165) is 0 Å². The van der Waals surface area contributed by atoms with Crippen molar-refractivity contribution < 1.29 is 18.3 Å². The van der Waals surface area contributed by atoms with Crippen molar-refractivity contribution in [1.82, 2.24) is 5.32 Å². The van der Waals surface area contributed by atoms with E-state index in [1.165, 1.54) is 18.2 Å². The summed E-state index contributed by atoms with van der Waals surface area (Å²) in [5.41, 5.74) is 0.461. The van der Waals surface area contributed by atoms with Gasteiger partial charge < -0.3 is 10.4 Å². The summed E-state index contributed by atoms with van der Waals surface area (Å²) >= 11 is 5.76. The van der Waals surface area contributed by atoms with Crippen molar-refractivity contribution in [3.05, 3.63) is 34.6 Å². The molecule has 6 heteroatoms. The Labute approximate surface area is 96.0 Å². The summed E-state index contributed by atoms with van der Waals surface area (Å²) in [4.78, 5) is 0. The molecule has 0 spiro atoms. The fraction of sp³-hybridized carbons (Fsp3) is 0.400. The highest BCUT2D eigenvalue weighted by Gasteiger charge is 2.15. The van der Waals surface area contributed by atoms with Gasteiger partial charge in [-0.1, -0.05) is 11.6 Å². The maximum Gasteiger partial charge on any atom is 0.265 e. The second-order valence-electron chi connectivity index (χ2n) is 3.27. The smallest absolute Gasteiger partial charge is 0.265 e. The minimum absolute atomic E-state index is 0.125. The molecular weight excluding hydrogens is 243 g/mol. The monoisotopic (exact) mass is 253 g/mol. The van der Waals surface area contributed by atoms with E-state index < -0.39 is 18.3 Å². The van der Waals surface area contributed by atoms with Crippen LogP contribution in [0, 0.1) is 5.82 Å². The Kier molecular flexibility index (Phi) is 5.05. The lowest BCUT2D eigenvalue weighted by Gasteiger charge is -2.11. The van der Waals surface area contributed by atoms with Gasteiger partial charge in [0.05, 0.1) is 0 Å². The van der Waals surface area contributed by atoms with Gasteiger partial charge >= 0.3 is 0 Å². The molecule has 0 saturated carbocycles. The molecule has 0 aliphatic heterocycles. The number of rotatable bonds is 5. The van der Waals surface area contributed by atoms with Crippen LogP contribution in [0.25, 0.3) is 0 Å². The summed E-state index contributed by atoms with van der Waals surface area (Å²) in [6.45, 7) is -0.148. The first kappa shape index (κ1) is 13.3. The highest BCUT2D eigenvalue weighted by Crippen LogP contribution is 2.16. The average Bonchev–Trinajstić information content (AvgIpc) is 2.22. The molecule has 0 amide bonds. The van der Waals surface area contributed by atoms with Crippen molar-refractivity contribution in [1.29, 1.82) is 0 Å². The number of aliphatic hydroxyl groups excluding tert-OH is 1. The van der Waals surface area contributed by atoms with Gasteiger partial charge in [0, 0.05) is 18.1 Å². The van der Waals surface area contributed by atoms with Gasteiger partial charge in [-0.3, -0.25) is 0 Å². The lowest BCUT2D eigenvalue weighted by molar-refractivity contribution is -0.00340. The van der Waals surface area contributed by atoms with Crippen molar-refractivity contribution in [2.45, 2.75) is 19.1 Å². The molecule has 90 valence electrons. The zero-order chi connectivity index (χ0) is 12.1. The highest BCUT2D eigenvalue weighted by atomic mass is 35.5. The number of alkyl halides is 2. The minimum atomic E-state index is -2.80. The molecule has 1 atom stereocenters. The third-order valence-electron chi connectivity index (χ3n) is 1.97. The lowest BCUT2D eigenvalue weighted by Crippen LogP contribution is -2.31. The van der Waals surface area contributed by atoms with Gasteiger partial charge in [-0.05, 0) is 23.8 Å². The SMILES string of the molecule is OC(CNCc1cc(F)ccc1Cl)C(F)F. The van der Waals surface area contributed by atoms with Gasteiger partial charge in [0.1, 0.15) is 11.9 Å². The summed E-state index contributed by atoms with van der Waals surface area (Å²) in [6, 6.07) is 3.81. The number of benzene rings is 1. The minimum Gasteiger partial charge on any atom is -0.386 e. The van der Waals surface area contributed by atoms with E-state index in [1.54, 1.807) is 0 Å².